The first-order valence-corrected chi connectivity index (χ1v) is 27.7. The molecule has 0 aliphatic carbocycles. The van der Waals surface area contributed by atoms with Gasteiger partial charge in [-0.15, -0.1) is 0 Å². The average molecular weight is 1010 g/mol. The van der Waals surface area contributed by atoms with Gasteiger partial charge in [-0.2, -0.15) is 9.97 Å². The highest BCUT2D eigenvalue weighted by Crippen LogP contribution is 2.71. The molecule has 2 atom stereocenters. The third-order valence-corrected chi connectivity index (χ3v) is 19.2. The minimum atomic E-state index is -4.07. The summed E-state index contributed by atoms with van der Waals surface area (Å²) in [5.41, 5.74) is 7.54. The largest absolute Gasteiger partial charge is 0.304 e. The molecule has 13 rings (SSSR count). The number of benzene rings is 9. The number of nitrogens with zero attached hydrogens (tertiary/aromatic N) is 10. The summed E-state index contributed by atoms with van der Waals surface area (Å²) in [5, 5.41) is 0.971. The third-order valence-electron chi connectivity index (χ3n) is 13.3. The zero-order chi connectivity index (χ0) is 50.3. The molecule has 0 saturated carbocycles. The van der Waals surface area contributed by atoms with Crippen molar-refractivity contribution in [2.75, 3.05) is 18.7 Å². The number of para-hydroxylation sites is 6. The maximum Gasteiger partial charge on any atom is 0.304 e. The van der Waals surface area contributed by atoms with Gasteiger partial charge in [-0.1, -0.05) is 182 Å². The van der Waals surface area contributed by atoms with Gasteiger partial charge in [0, 0.05) is 33.6 Å². The molecule has 0 fully saturated rings. The van der Waals surface area contributed by atoms with Gasteiger partial charge in [0.2, 0.25) is 5.95 Å². The minimum Gasteiger partial charge on any atom is -0.293 e. The summed E-state index contributed by atoms with van der Waals surface area (Å²) in [6, 6.07) is 81.7. The lowest BCUT2D eigenvalue weighted by Gasteiger charge is -2.34. The number of hydrogen-bond donors (Lipinski definition) is 0. The summed E-state index contributed by atoms with van der Waals surface area (Å²) in [6.45, 7) is 0.0673. The van der Waals surface area contributed by atoms with Crippen LogP contribution in [0.5, 0.6) is 0 Å². The first kappa shape index (κ1) is 45.5. The predicted molar refractivity (Wildman–Crippen MR) is 301 cm³/mol. The van der Waals surface area contributed by atoms with Gasteiger partial charge in [0.05, 0.1) is 39.9 Å². The van der Waals surface area contributed by atoms with E-state index in [1.54, 1.807) is 4.67 Å². The van der Waals surface area contributed by atoms with E-state index in [1.807, 2.05) is 269 Å². The normalized spacial score (nSPS) is 16.7. The molecule has 75 heavy (non-hydrogen) atoms. The molecule has 2 aliphatic heterocycles. The summed E-state index contributed by atoms with van der Waals surface area (Å²) in [6.07, 6.45) is 0. The van der Waals surface area contributed by atoms with Crippen LogP contribution in [0.1, 0.15) is 5.82 Å². The van der Waals surface area contributed by atoms with Crippen LogP contribution in [0.25, 0.3) is 45.6 Å². The van der Waals surface area contributed by atoms with E-state index in [0.29, 0.717) is 56.8 Å². The van der Waals surface area contributed by atoms with E-state index in [9.17, 15) is 0 Å². The standard InChI is InChI=1S/C61H44N10O2P2/c72-74(68(52-35-19-20-36-53(52)69(74)48-31-15-5-16-32-48)43-56-62-57(44-23-7-1-8-24-44)64-58(63-56)45-25-9-2-10-26-45)50-39-41-51(42-40-50)75(73)70(49-33-17-6-18-34-49)54-37-21-22-38-55(54)71(75)61-66-59(46-27-11-3-12-28-46)65-60(67-61)47-29-13-4-14-30-47/h1-42H,43H2. The number of fused-ring (bicyclic) bond motifs is 2. The Balaban J connectivity index is 0.994. The second kappa shape index (κ2) is 18.9. The molecular formula is C61H44N10O2P2. The highest BCUT2D eigenvalue weighted by atomic mass is 31.2. The van der Waals surface area contributed by atoms with Crippen molar-refractivity contribution < 1.29 is 9.13 Å². The number of rotatable bonds is 11. The molecule has 2 unspecified atom stereocenters. The van der Waals surface area contributed by atoms with Crippen LogP contribution in [-0.2, 0) is 15.7 Å². The molecule has 4 heterocycles. The molecule has 0 spiro atoms. The molecule has 2 aliphatic rings. The topological polar surface area (TPSA) is 124 Å². The van der Waals surface area contributed by atoms with Gasteiger partial charge in [0.15, 0.2) is 29.1 Å². The fraction of sp³-hybridized carbons (Fsp3) is 0.0164. The first-order chi connectivity index (χ1) is 36.9. The maximum atomic E-state index is 17.2. The van der Waals surface area contributed by atoms with Gasteiger partial charge in [-0.05, 0) is 72.8 Å². The lowest BCUT2D eigenvalue weighted by atomic mass is 10.2. The van der Waals surface area contributed by atoms with E-state index < -0.39 is 14.9 Å². The van der Waals surface area contributed by atoms with Gasteiger partial charge >= 0.3 is 7.44 Å². The molecule has 2 aromatic heterocycles. The van der Waals surface area contributed by atoms with E-state index in [-0.39, 0.29) is 12.5 Å². The Kier molecular flexibility index (Phi) is 11.5. The summed E-state index contributed by atoms with van der Waals surface area (Å²) in [7, 11) is -8.00. The van der Waals surface area contributed by atoms with Crippen LogP contribution in [0.15, 0.2) is 255 Å². The molecule has 0 saturated heterocycles. The van der Waals surface area contributed by atoms with Gasteiger partial charge < -0.3 is 0 Å². The van der Waals surface area contributed by atoms with Crippen molar-refractivity contribution in [1.82, 2.24) is 29.9 Å². The van der Waals surface area contributed by atoms with Gasteiger partial charge in [-0.25, -0.2) is 24.6 Å². The fourth-order valence-corrected chi connectivity index (χ4v) is 15.7. The van der Waals surface area contributed by atoms with E-state index in [1.165, 1.54) is 0 Å². The minimum absolute atomic E-state index is 0.0673. The summed E-state index contributed by atoms with van der Waals surface area (Å²) < 4.78 is 41.9. The second-order valence-corrected chi connectivity index (χ2v) is 22.8. The molecular weight excluding hydrogens is 967 g/mol. The van der Waals surface area contributed by atoms with Crippen LogP contribution >= 0.6 is 14.9 Å². The predicted octanol–water partition coefficient (Wildman–Crippen LogP) is 14.2. The van der Waals surface area contributed by atoms with Crippen molar-refractivity contribution in [3.8, 4) is 45.6 Å². The third kappa shape index (κ3) is 7.95. The Hall–Kier alpha value is -9.34. The Bertz CT molecular complexity index is 3840. The Morgan fingerprint density at radius 1 is 0.293 bits per heavy atom. The molecule has 11 aromatic rings. The highest BCUT2D eigenvalue weighted by molar-refractivity contribution is 7.76. The maximum absolute atomic E-state index is 17.2. The van der Waals surface area contributed by atoms with E-state index in [0.717, 1.165) is 39.3 Å². The van der Waals surface area contributed by atoms with Crippen LogP contribution < -0.4 is 29.3 Å². The monoisotopic (exact) mass is 1010 g/mol. The lowest BCUT2D eigenvalue weighted by molar-refractivity contribution is 0.578. The van der Waals surface area contributed by atoms with Crippen molar-refractivity contribution in [3.05, 3.63) is 261 Å². The quantitative estimate of drug-likeness (QED) is 0.115. The van der Waals surface area contributed by atoms with Crippen LogP contribution in [0.3, 0.4) is 0 Å². The van der Waals surface area contributed by atoms with Gasteiger partial charge in [0.25, 0.3) is 7.44 Å². The van der Waals surface area contributed by atoms with Gasteiger partial charge in [-0.3, -0.25) is 23.1 Å². The summed E-state index contributed by atoms with van der Waals surface area (Å²) in [4.78, 5) is 30.4. The van der Waals surface area contributed by atoms with Crippen molar-refractivity contribution in [3.63, 3.8) is 0 Å². The molecule has 12 nitrogen and oxygen atoms in total. The first-order valence-electron chi connectivity index (χ1n) is 24.5. The Morgan fingerprint density at radius 3 is 1.01 bits per heavy atom. The zero-order valence-electron chi connectivity index (χ0n) is 40.1. The van der Waals surface area contributed by atoms with Crippen molar-refractivity contribution >= 4 is 65.6 Å². The molecule has 360 valence electrons. The summed E-state index contributed by atoms with van der Waals surface area (Å²) >= 11 is 0. The number of anilines is 7. The smallest absolute Gasteiger partial charge is 0.293 e. The Morgan fingerprint density at radius 2 is 0.600 bits per heavy atom. The molecule has 14 heteroatoms. The van der Waals surface area contributed by atoms with Crippen molar-refractivity contribution in [2.45, 2.75) is 6.54 Å². The van der Waals surface area contributed by atoms with Crippen LogP contribution in [0.2, 0.25) is 0 Å². The highest BCUT2D eigenvalue weighted by Gasteiger charge is 2.52. The number of aromatic nitrogens is 6. The van der Waals surface area contributed by atoms with Crippen molar-refractivity contribution in [1.29, 1.82) is 0 Å². The van der Waals surface area contributed by atoms with Crippen LogP contribution in [0, 0.1) is 0 Å². The Labute approximate surface area is 434 Å². The van der Waals surface area contributed by atoms with E-state index in [2.05, 4.69) is 0 Å². The zero-order valence-corrected chi connectivity index (χ0v) is 41.9. The molecule has 0 radical (unpaired) electrons. The van der Waals surface area contributed by atoms with Crippen molar-refractivity contribution in [2.24, 2.45) is 0 Å². The second-order valence-electron chi connectivity index (χ2n) is 17.9. The summed E-state index contributed by atoms with van der Waals surface area (Å²) in [5.74, 6) is 2.53. The average Bonchev–Trinajstić information content (AvgIpc) is 4.04. The van der Waals surface area contributed by atoms with E-state index >= 15 is 9.13 Å². The van der Waals surface area contributed by atoms with Gasteiger partial charge in [0.1, 0.15) is 0 Å². The SMILES string of the molecule is O=P1(c2ccc(P3(=O)N(c4ccccc4)c4ccccc4N3c3nc(-c4ccccc4)nc(-c4ccccc4)n3)cc2)N(Cc2nc(-c3ccccc3)nc(-c3ccccc3)n2)c2ccccc2N1c1ccccc1. The molecule has 9 aromatic carbocycles. The van der Waals surface area contributed by atoms with Crippen LogP contribution in [0.4, 0.5) is 40.1 Å². The fourth-order valence-electron chi connectivity index (χ4n) is 9.88. The molecule has 0 N–H and O–H groups in total. The van der Waals surface area contributed by atoms with E-state index in [4.69, 9.17) is 29.9 Å². The van der Waals surface area contributed by atoms with Crippen LogP contribution in [-0.4, -0.2) is 29.9 Å². The molecule has 0 bridgehead atoms. The molecule has 0 amide bonds. The lowest BCUT2D eigenvalue weighted by Crippen LogP contribution is -2.32. The number of hydrogen-bond acceptors (Lipinski definition) is 8.